The van der Waals surface area contributed by atoms with E-state index in [4.69, 9.17) is 9.47 Å². The predicted octanol–water partition coefficient (Wildman–Crippen LogP) is 5.79. The number of carboxylic acids is 1. The molecule has 1 unspecified atom stereocenters. The highest BCUT2D eigenvalue weighted by atomic mass is 79.9. The van der Waals surface area contributed by atoms with Gasteiger partial charge in [0.05, 0.1) is 5.41 Å². The fourth-order valence-corrected chi connectivity index (χ4v) is 4.07. The number of hydrogen-bond donors (Lipinski definition) is 1. The summed E-state index contributed by atoms with van der Waals surface area (Å²) in [5.74, 6) is 0.912. The first-order valence-corrected chi connectivity index (χ1v) is 10.4. The van der Waals surface area contributed by atoms with E-state index in [0.29, 0.717) is 19.4 Å². The lowest BCUT2D eigenvalue weighted by Crippen LogP contribution is -2.29. The molecule has 1 aliphatic heterocycles. The largest absolute Gasteiger partial charge is 0.489 e. The van der Waals surface area contributed by atoms with Crippen LogP contribution >= 0.6 is 15.9 Å². The van der Waals surface area contributed by atoms with E-state index >= 15 is 0 Å². The molecule has 0 aromatic heterocycles. The second-order valence-corrected chi connectivity index (χ2v) is 9.34. The van der Waals surface area contributed by atoms with Crippen LogP contribution in [0.1, 0.15) is 50.8 Å². The summed E-state index contributed by atoms with van der Waals surface area (Å²) in [4.78, 5) is 11.5. The first-order valence-electron chi connectivity index (χ1n) is 9.57. The normalized spacial score (nSPS) is 16.8. The van der Waals surface area contributed by atoms with E-state index in [1.54, 1.807) is 6.92 Å². The molecule has 1 aliphatic rings. The molecule has 2 aromatic rings. The van der Waals surface area contributed by atoms with Crippen LogP contribution in [0.15, 0.2) is 40.9 Å². The summed E-state index contributed by atoms with van der Waals surface area (Å²) in [6, 6.07) is 11.8. The third-order valence-electron chi connectivity index (χ3n) is 5.41. The number of benzene rings is 2. The minimum Gasteiger partial charge on any atom is -0.489 e. The van der Waals surface area contributed by atoms with Crippen molar-refractivity contribution in [1.29, 1.82) is 0 Å². The van der Waals surface area contributed by atoms with Gasteiger partial charge in [0.1, 0.15) is 23.7 Å². The highest BCUT2D eigenvalue weighted by molar-refractivity contribution is 9.10. The number of ether oxygens (including phenoxy) is 2. The average molecular weight is 447 g/mol. The zero-order valence-electron chi connectivity index (χ0n) is 16.8. The summed E-state index contributed by atoms with van der Waals surface area (Å²) in [6.07, 6.45) is 1.97. The summed E-state index contributed by atoms with van der Waals surface area (Å²) in [6.45, 7) is 8.29. The zero-order valence-corrected chi connectivity index (χ0v) is 18.4. The number of aliphatic carboxylic acids is 1. The Morgan fingerprint density at radius 3 is 2.57 bits per heavy atom. The number of fused-ring (bicyclic) bond motifs is 1. The third-order valence-corrected chi connectivity index (χ3v) is 5.87. The van der Waals surface area contributed by atoms with E-state index in [2.05, 4.69) is 35.8 Å². The van der Waals surface area contributed by atoms with Gasteiger partial charge in [0, 0.05) is 16.5 Å². The zero-order chi connectivity index (χ0) is 20.5. The van der Waals surface area contributed by atoms with E-state index in [1.165, 1.54) is 5.56 Å². The highest BCUT2D eigenvalue weighted by Crippen LogP contribution is 2.40. The Labute approximate surface area is 175 Å². The number of halogens is 1. The average Bonchev–Trinajstić information content (AvgIpc) is 2.94. The smallest absolute Gasteiger partial charge is 0.309 e. The Balaban J connectivity index is 1.69. The topological polar surface area (TPSA) is 55.8 Å². The van der Waals surface area contributed by atoms with Gasteiger partial charge in [0.2, 0.25) is 0 Å². The van der Waals surface area contributed by atoms with Gasteiger partial charge in [-0.15, -0.1) is 0 Å². The third kappa shape index (κ3) is 4.52. The van der Waals surface area contributed by atoms with Crippen LogP contribution in [0.3, 0.4) is 0 Å². The van der Waals surface area contributed by atoms with Gasteiger partial charge in [0.15, 0.2) is 0 Å². The molecule has 1 atom stereocenters. The van der Waals surface area contributed by atoms with E-state index < -0.39 is 11.4 Å². The van der Waals surface area contributed by atoms with Gasteiger partial charge in [-0.2, -0.15) is 0 Å². The minimum absolute atomic E-state index is 0.199. The Morgan fingerprint density at radius 2 is 1.96 bits per heavy atom. The number of hydrogen-bond acceptors (Lipinski definition) is 3. The number of carboxylic acid groups (broad SMARTS) is 1. The Morgan fingerprint density at radius 1 is 1.29 bits per heavy atom. The van der Waals surface area contributed by atoms with Crippen molar-refractivity contribution in [1.82, 2.24) is 0 Å². The highest BCUT2D eigenvalue weighted by Gasteiger charge is 2.32. The molecular weight excluding hydrogens is 420 g/mol. The lowest BCUT2D eigenvalue weighted by molar-refractivity contribution is -0.148. The van der Waals surface area contributed by atoms with Gasteiger partial charge in [0.25, 0.3) is 0 Å². The van der Waals surface area contributed by atoms with Crippen molar-refractivity contribution >= 4 is 21.9 Å². The summed E-state index contributed by atoms with van der Waals surface area (Å²) in [5, 5.41) is 9.45. The van der Waals surface area contributed by atoms with Crippen molar-refractivity contribution < 1.29 is 19.4 Å². The van der Waals surface area contributed by atoms with Crippen LogP contribution in [-0.4, -0.2) is 16.7 Å². The fraction of sp³-hybridized carbons (Fsp3) is 0.435. The van der Waals surface area contributed by atoms with E-state index in [1.807, 2.05) is 37.3 Å². The molecular formula is C23H27BrO4. The Kier molecular flexibility index (Phi) is 5.76. The first-order chi connectivity index (χ1) is 13.1. The van der Waals surface area contributed by atoms with Crippen molar-refractivity contribution in [2.75, 3.05) is 0 Å². The molecule has 2 aromatic carbocycles. The Bertz CT molecular complexity index is 873. The van der Waals surface area contributed by atoms with Crippen LogP contribution in [0.5, 0.6) is 11.5 Å². The van der Waals surface area contributed by atoms with Crippen LogP contribution in [0.4, 0.5) is 0 Å². The van der Waals surface area contributed by atoms with Gasteiger partial charge in [-0.05, 0) is 69.0 Å². The van der Waals surface area contributed by atoms with Crippen LogP contribution in [-0.2, 0) is 24.2 Å². The van der Waals surface area contributed by atoms with Crippen molar-refractivity contribution in [2.45, 2.75) is 59.2 Å². The minimum atomic E-state index is -0.762. The van der Waals surface area contributed by atoms with Crippen LogP contribution in [0.2, 0.25) is 0 Å². The molecule has 28 heavy (non-hydrogen) atoms. The molecule has 4 nitrogen and oxygen atoms in total. The molecule has 0 bridgehead atoms. The van der Waals surface area contributed by atoms with Crippen LogP contribution in [0, 0.1) is 5.41 Å². The fourth-order valence-electron chi connectivity index (χ4n) is 3.52. The lowest BCUT2D eigenvalue weighted by Gasteiger charge is -2.23. The second-order valence-electron chi connectivity index (χ2n) is 8.42. The van der Waals surface area contributed by atoms with Crippen molar-refractivity contribution in [2.24, 2.45) is 5.41 Å². The quantitative estimate of drug-likeness (QED) is 0.584. The predicted molar refractivity (Wildman–Crippen MR) is 113 cm³/mol. The maximum absolute atomic E-state index is 11.5. The van der Waals surface area contributed by atoms with Crippen LogP contribution in [0.25, 0.3) is 0 Å². The molecule has 0 amide bonds. The van der Waals surface area contributed by atoms with Crippen molar-refractivity contribution in [3.05, 3.63) is 57.6 Å². The molecule has 0 saturated carbocycles. The molecule has 150 valence electrons. The summed E-state index contributed by atoms with van der Waals surface area (Å²) in [7, 11) is 0. The summed E-state index contributed by atoms with van der Waals surface area (Å²) < 4.78 is 13.1. The Hall–Kier alpha value is -2.01. The summed E-state index contributed by atoms with van der Waals surface area (Å²) in [5.41, 5.74) is 2.26. The molecule has 0 radical (unpaired) electrons. The van der Waals surface area contributed by atoms with Gasteiger partial charge in [-0.1, -0.05) is 35.0 Å². The maximum atomic E-state index is 11.5. The van der Waals surface area contributed by atoms with Crippen LogP contribution < -0.4 is 9.47 Å². The molecule has 1 heterocycles. The van der Waals surface area contributed by atoms with Gasteiger partial charge in [-0.3, -0.25) is 4.79 Å². The maximum Gasteiger partial charge on any atom is 0.309 e. The van der Waals surface area contributed by atoms with Crippen molar-refractivity contribution in [3.63, 3.8) is 0 Å². The van der Waals surface area contributed by atoms with E-state index in [9.17, 15) is 9.90 Å². The van der Waals surface area contributed by atoms with Gasteiger partial charge >= 0.3 is 5.97 Å². The van der Waals surface area contributed by atoms with Crippen molar-refractivity contribution in [3.8, 4) is 11.5 Å². The molecule has 0 saturated heterocycles. The molecule has 0 fully saturated rings. The molecule has 5 heteroatoms. The second kappa shape index (κ2) is 7.78. The monoisotopic (exact) mass is 446 g/mol. The van der Waals surface area contributed by atoms with Gasteiger partial charge < -0.3 is 14.6 Å². The molecule has 1 N–H and O–H groups in total. The molecule has 0 aliphatic carbocycles. The van der Waals surface area contributed by atoms with Gasteiger partial charge in [-0.25, -0.2) is 0 Å². The van der Waals surface area contributed by atoms with E-state index in [-0.39, 0.29) is 5.60 Å². The number of carbonyl (C=O) groups is 1. The number of rotatable bonds is 7. The SMILES string of the molecule is CCC(C)(Cc1ccc(OCc2cc(Br)cc3c2OC(C)(C)C3)cc1)C(=O)O. The van der Waals surface area contributed by atoms with E-state index in [0.717, 1.165) is 33.5 Å². The standard InChI is InChI=1S/C23H27BrO4/c1-5-23(4,21(25)26)12-15-6-8-19(9-7-15)27-14-17-11-18(24)10-16-13-22(2,3)28-20(16)17/h6-11H,5,12-14H2,1-4H3,(H,25,26). The first kappa shape index (κ1) is 20.7. The molecule has 0 spiro atoms. The molecule has 3 rings (SSSR count). The lowest BCUT2D eigenvalue weighted by atomic mass is 9.81. The summed E-state index contributed by atoms with van der Waals surface area (Å²) >= 11 is 3.58.